The van der Waals surface area contributed by atoms with E-state index in [2.05, 4.69) is 9.72 Å². The number of carbonyl (C=O) groups is 1. The van der Waals surface area contributed by atoms with Gasteiger partial charge in [-0.15, -0.1) is 0 Å². The fourth-order valence-corrected chi connectivity index (χ4v) is 3.05. The van der Waals surface area contributed by atoms with Gasteiger partial charge in [-0.3, -0.25) is 4.98 Å². The van der Waals surface area contributed by atoms with Gasteiger partial charge in [0.1, 0.15) is 0 Å². The molecule has 0 N–H and O–H groups in total. The van der Waals surface area contributed by atoms with E-state index in [4.69, 9.17) is 0 Å². The quantitative estimate of drug-likeness (QED) is 0.784. The Labute approximate surface area is 129 Å². The van der Waals surface area contributed by atoms with Gasteiger partial charge in [-0.1, -0.05) is 0 Å². The third kappa shape index (κ3) is 3.49. The number of hydrogen-bond acceptors (Lipinski definition) is 5. The minimum atomic E-state index is -3.63. The van der Waals surface area contributed by atoms with Crippen molar-refractivity contribution in [1.82, 2.24) is 9.29 Å². The highest BCUT2D eigenvalue weighted by molar-refractivity contribution is 7.89. The minimum Gasteiger partial charge on any atom is -0.465 e. The second-order valence-electron chi connectivity index (χ2n) is 4.63. The van der Waals surface area contributed by atoms with Crippen LogP contribution in [-0.2, 0) is 21.3 Å². The summed E-state index contributed by atoms with van der Waals surface area (Å²) in [7, 11) is -0.848. The van der Waals surface area contributed by atoms with Crippen molar-refractivity contribution < 1.29 is 17.9 Å². The first-order valence-electron chi connectivity index (χ1n) is 6.49. The first-order chi connectivity index (χ1) is 10.4. The van der Waals surface area contributed by atoms with Crippen LogP contribution < -0.4 is 0 Å². The fraction of sp³-hybridized carbons (Fsp3) is 0.200. The second kappa shape index (κ2) is 6.67. The molecule has 22 heavy (non-hydrogen) atoms. The molecule has 0 saturated carbocycles. The van der Waals surface area contributed by atoms with E-state index in [-0.39, 0.29) is 11.4 Å². The molecule has 0 aliphatic carbocycles. The molecule has 0 spiro atoms. The van der Waals surface area contributed by atoms with E-state index in [9.17, 15) is 13.2 Å². The molecule has 0 fully saturated rings. The van der Waals surface area contributed by atoms with Gasteiger partial charge in [0.2, 0.25) is 10.0 Å². The van der Waals surface area contributed by atoms with Gasteiger partial charge < -0.3 is 4.74 Å². The van der Waals surface area contributed by atoms with Gasteiger partial charge in [0, 0.05) is 26.0 Å². The number of carbonyl (C=O) groups excluding carboxylic acids is 1. The molecule has 2 aromatic rings. The highest BCUT2D eigenvalue weighted by atomic mass is 32.2. The number of pyridine rings is 1. The van der Waals surface area contributed by atoms with Gasteiger partial charge in [0.25, 0.3) is 0 Å². The Morgan fingerprint density at radius 1 is 1.14 bits per heavy atom. The van der Waals surface area contributed by atoms with Gasteiger partial charge in [-0.05, 0) is 42.0 Å². The number of rotatable bonds is 5. The monoisotopic (exact) mass is 320 g/mol. The maximum absolute atomic E-state index is 12.5. The molecule has 0 radical (unpaired) electrons. The van der Waals surface area contributed by atoms with Crippen molar-refractivity contribution in [2.24, 2.45) is 0 Å². The topological polar surface area (TPSA) is 76.6 Å². The number of methoxy groups -OCH3 is 1. The third-order valence-electron chi connectivity index (χ3n) is 3.14. The number of benzene rings is 1. The van der Waals surface area contributed by atoms with E-state index in [1.54, 1.807) is 24.5 Å². The fourth-order valence-electron chi connectivity index (χ4n) is 1.89. The van der Waals surface area contributed by atoms with E-state index < -0.39 is 16.0 Å². The van der Waals surface area contributed by atoms with E-state index in [1.807, 2.05) is 0 Å². The van der Waals surface area contributed by atoms with Gasteiger partial charge in [0.05, 0.1) is 17.6 Å². The summed E-state index contributed by atoms with van der Waals surface area (Å²) in [5, 5.41) is 0. The Kier molecular flexibility index (Phi) is 4.89. The molecule has 0 aliphatic heterocycles. The van der Waals surface area contributed by atoms with Crippen molar-refractivity contribution >= 4 is 16.0 Å². The lowest BCUT2D eigenvalue weighted by molar-refractivity contribution is 0.0600. The second-order valence-corrected chi connectivity index (χ2v) is 6.68. The molecule has 7 heteroatoms. The van der Waals surface area contributed by atoms with Crippen LogP contribution in [0.25, 0.3) is 0 Å². The van der Waals surface area contributed by atoms with Crippen LogP contribution in [0.4, 0.5) is 0 Å². The molecule has 0 aliphatic rings. The van der Waals surface area contributed by atoms with Crippen molar-refractivity contribution in [3.05, 3.63) is 59.9 Å². The predicted molar refractivity (Wildman–Crippen MR) is 80.7 cm³/mol. The molecule has 0 saturated heterocycles. The van der Waals surface area contributed by atoms with E-state index in [0.29, 0.717) is 5.56 Å². The molecule has 0 unspecified atom stereocenters. The average molecular weight is 320 g/mol. The maximum Gasteiger partial charge on any atom is 0.337 e. The molecular weight excluding hydrogens is 304 g/mol. The average Bonchev–Trinajstić information content (AvgIpc) is 2.55. The van der Waals surface area contributed by atoms with E-state index in [0.717, 1.165) is 5.56 Å². The molecule has 6 nitrogen and oxygen atoms in total. The molecule has 1 aromatic heterocycles. The van der Waals surface area contributed by atoms with Crippen LogP contribution in [0.5, 0.6) is 0 Å². The number of ether oxygens (including phenoxy) is 1. The van der Waals surface area contributed by atoms with Crippen molar-refractivity contribution in [2.75, 3.05) is 14.2 Å². The first kappa shape index (κ1) is 16.1. The first-order valence-corrected chi connectivity index (χ1v) is 7.93. The van der Waals surface area contributed by atoms with Gasteiger partial charge in [-0.25, -0.2) is 13.2 Å². The normalized spacial score (nSPS) is 11.4. The Balaban J connectivity index is 2.20. The summed E-state index contributed by atoms with van der Waals surface area (Å²) in [6.07, 6.45) is 3.22. The summed E-state index contributed by atoms with van der Waals surface area (Å²) >= 11 is 0. The lowest BCUT2D eigenvalue weighted by atomic mass is 10.2. The number of nitrogens with zero attached hydrogens (tertiary/aromatic N) is 2. The van der Waals surface area contributed by atoms with Crippen LogP contribution in [0.15, 0.2) is 53.7 Å². The zero-order valence-electron chi connectivity index (χ0n) is 12.3. The SMILES string of the molecule is COC(=O)c1ccc(S(=O)(=O)N(C)Cc2ccncc2)cc1. The molecule has 116 valence electrons. The Morgan fingerprint density at radius 2 is 1.73 bits per heavy atom. The molecule has 1 heterocycles. The van der Waals surface area contributed by atoms with Crippen LogP contribution in [0, 0.1) is 0 Å². The number of sulfonamides is 1. The lowest BCUT2D eigenvalue weighted by Gasteiger charge is -2.17. The van der Waals surface area contributed by atoms with Crippen LogP contribution in [0.2, 0.25) is 0 Å². The van der Waals surface area contributed by atoms with Gasteiger partial charge >= 0.3 is 5.97 Å². The Hall–Kier alpha value is -2.25. The smallest absolute Gasteiger partial charge is 0.337 e. The van der Waals surface area contributed by atoms with E-state index >= 15 is 0 Å². The lowest BCUT2D eigenvalue weighted by Crippen LogP contribution is -2.26. The van der Waals surface area contributed by atoms with Gasteiger partial charge in [-0.2, -0.15) is 4.31 Å². The molecule has 0 atom stereocenters. The number of hydrogen-bond donors (Lipinski definition) is 0. The molecule has 2 rings (SSSR count). The third-order valence-corrected chi connectivity index (χ3v) is 4.96. The summed E-state index contributed by atoms with van der Waals surface area (Å²) in [4.78, 5) is 15.4. The van der Waals surface area contributed by atoms with Crippen LogP contribution in [-0.4, -0.2) is 37.8 Å². The van der Waals surface area contributed by atoms with E-state index in [1.165, 1.54) is 42.7 Å². The van der Waals surface area contributed by atoms with Crippen LogP contribution in [0.1, 0.15) is 15.9 Å². The standard InChI is InChI=1S/C15H16N2O4S/c1-17(11-12-7-9-16-10-8-12)22(19,20)14-5-3-13(4-6-14)15(18)21-2/h3-10H,11H2,1-2H3. The maximum atomic E-state index is 12.5. The molecule has 0 bridgehead atoms. The zero-order chi connectivity index (χ0) is 16.2. The zero-order valence-corrected chi connectivity index (χ0v) is 13.1. The summed E-state index contributed by atoms with van der Waals surface area (Å²) < 4.78 is 30.8. The van der Waals surface area contributed by atoms with Crippen molar-refractivity contribution in [2.45, 2.75) is 11.4 Å². The Morgan fingerprint density at radius 3 is 2.27 bits per heavy atom. The highest BCUT2D eigenvalue weighted by Crippen LogP contribution is 2.17. The highest BCUT2D eigenvalue weighted by Gasteiger charge is 2.21. The van der Waals surface area contributed by atoms with Gasteiger partial charge in [0.15, 0.2) is 0 Å². The minimum absolute atomic E-state index is 0.122. The predicted octanol–water partition coefficient (Wildman–Crippen LogP) is 1.69. The largest absolute Gasteiger partial charge is 0.465 e. The summed E-state index contributed by atoms with van der Waals surface area (Å²) in [5.41, 5.74) is 1.14. The van der Waals surface area contributed by atoms with Crippen molar-refractivity contribution in [1.29, 1.82) is 0 Å². The molecular formula is C15H16N2O4S. The number of aromatic nitrogens is 1. The molecule has 0 amide bonds. The summed E-state index contributed by atoms with van der Waals surface area (Å²) in [6, 6.07) is 9.16. The Bertz CT molecular complexity index is 743. The molecule has 1 aromatic carbocycles. The summed E-state index contributed by atoms with van der Waals surface area (Å²) in [6.45, 7) is 0.240. The number of esters is 1. The van der Waals surface area contributed by atoms with Crippen molar-refractivity contribution in [3.63, 3.8) is 0 Å². The van der Waals surface area contributed by atoms with Crippen LogP contribution in [0.3, 0.4) is 0 Å². The van der Waals surface area contributed by atoms with Crippen molar-refractivity contribution in [3.8, 4) is 0 Å². The summed E-state index contributed by atoms with van der Waals surface area (Å²) in [5.74, 6) is -0.505. The van der Waals surface area contributed by atoms with Crippen LogP contribution >= 0.6 is 0 Å².